The topological polar surface area (TPSA) is 308 Å². The van der Waals surface area contributed by atoms with Crippen molar-refractivity contribution in [2.24, 2.45) is 16.5 Å². The number of esters is 3. The van der Waals surface area contributed by atoms with Crippen molar-refractivity contribution in [3.8, 4) is 11.1 Å². The molecule has 2 aromatic carbocycles. The summed E-state index contributed by atoms with van der Waals surface area (Å²) in [5.41, 5.74) is 25.7. The summed E-state index contributed by atoms with van der Waals surface area (Å²) in [5, 5.41) is 7.28. The molecule has 0 fully saturated rings. The number of nitrogen functional groups attached to an aromatic ring is 2. The lowest BCUT2D eigenvalue weighted by Gasteiger charge is -2.23. The molecule has 0 bridgehead atoms. The zero-order valence-corrected chi connectivity index (χ0v) is 36.2. The SMILES string of the molecule is COC(=O)CC[C@H](NC(=O)OC(C)(C)C)C(=O)OC(=O)[C@H](CCCCN)NC(=O)CCc1ccc(-c2ccc(CCCCN=C(N)NC(=O)c3nc(Cl)c(N)nc3N)cc2)cc1. The van der Waals surface area contributed by atoms with Crippen LogP contribution in [0.25, 0.3) is 11.1 Å². The Morgan fingerprint density at radius 3 is 1.95 bits per heavy atom. The van der Waals surface area contributed by atoms with E-state index in [-0.39, 0.29) is 54.1 Å². The van der Waals surface area contributed by atoms with E-state index in [1.165, 1.54) is 7.11 Å². The van der Waals surface area contributed by atoms with Gasteiger partial charge >= 0.3 is 24.0 Å². The number of hydrogen-bond acceptors (Lipinski definition) is 15. The number of ether oxygens (including phenoxy) is 3. The molecule has 20 heteroatoms. The van der Waals surface area contributed by atoms with E-state index in [4.69, 9.17) is 44.0 Å². The number of halogens is 1. The fraction of sp³-hybridized carbons (Fsp3) is 0.452. The van der Waals surface area contributed by atoms with Gasteiger partial charge in [0.05, 0.1) is 7.11 Å². The summed E-state index contributed by atoms with van der Waals surface area (Å²) < 4.78 is 15.0. The Hall–Kier alpha value is -6.34. The van der Waals surface area contributed by atoms with Gasteiger partial charge in [-0.25, -0.2) is 24.4 Å². The molecular weight excluding hydrogens is 824 g/mol. The lowest BCUT2D eigenvalue weighted by Crippen LogP contribution is -2.48. The predicted octanol–water partition coefficient (Wildman–Crippen LogP) is 3.49. The molecule has 62 heavy (non-hydrogen) atoms. The van der Waals surface area contributed by atoms with Crippen LogP contribution in [0.15, 0.2) is 53.5 Å². The number of methoxy groups -OCH3 is 1. The van der Waals surface area contributed by atoms with Gasteiger partial charge in [0.25, 0.3) is 5.91 Å². The molecule has 2 atom stereocenters. The molecule has 0 radical (unpaired) electrons. The largest absolute Gasteiger partial charge is 0.469 e. The minimum atomic E-state index is -1.40. The van der Waals surface area contributed by atoms with E-state index >= 15 is 0 Å². The van der Waals surface area contributed by atoms with Crippen LogP contribution >= 0.6 is 11.6 Å². The van der Waals surface area contributed by atoms with Gasteiger partial charge < -0.3 is 47.8 Å². The molecule has 336 valence electrons. The third-order valence-electron chi connectivity index (χ3n) is 9.01. The normalized spacial score (nSPS) is 12.4. The van der Waals surface area contributed by atoms with Crippen LogP contribution in [0.2, 0.25) is 5.15 Å². The van der Waals surface area contributed by atoms with Crippen molar-refractivity contribution in [3.05, 3.63) is 70.5 Å². The molecule has 0 saturated heterocycles. The smallest absolute Gasteiger partial charge is 0.408 e. The summed E-state index contributed by atoms with van der Waals surface area (Å²) in [6.45, 7) is 5.66. The van der Waals surface area contributed by atoms with Gasteiger partial charge in [-0.3, -0.25) is 24.7 Å². The number of amides is 3. The third-order valence-corrected chi connectivity index (χ3v) is 9.29. The molecule has 19 nitrogen and oxygen atoms in total. The highest BCUT2D eigenvalue weighted by molar-refractivity contribution is 6.31. The second kappa shape index (κ2) is 24.8. The summed E-state index contributed by atoms with van der Waals surface area (Å²) in [6, 6.07) is 13.4. The van der Waals surface area contributed by atoms with Crippen molar-refractivity contribution in [2.45, 2.75) is 103 Å². The molecule has 0 aliphatic heterocycles. The molecule has 0 unspecified atom stereocenters. The number of aliphatic imine (C=N–C) groups is 1. The fourth-order valence-corrected chi connectivity index (χ4v) is 5.89. The van der Waals surface area contributed by atoms with E-state index in [0.717, 1.165) is 41.5 Å². The van der Waals surface area contributed by atoms with Gasteiger partial charge in [0.15, 0.2) is 28.4 Å². The molecule has 0 saturated carbocycles. The molecular formula is C42H57ClN10O9. The van der Waals surface area contributed by atoms with E-state index in [1.807, 2.05) is 36.4 Å². The number of alkyl carbamates (subject to hydrolysis) is 1. The van der Waals surface area contributed by atoms with Crippen LogP contribution in [0.1, 0.15) is 93.8 Å². The van der Waals surface area contributed by atoms with E-state index in [0.29, 0.717) is 32.4 Å². The Morgan fingerprint density at radius 2 is 1.37 bits per heavy atom. The van der Waals surface area contributed by atoms with Gasteiger partial charge in [0.2, 0.25) is 5.91 Å². The maximum absolute atomic E-state index is 13.2. The number of carbonyl (C=O) groups excluding carboxylic acids is 6. The number of unbranched alkanes of at least 4 members (excludes halogenated alkanes) is 2. The number of hydrogen-bond donors (Lipinski definition) is 7. The lowest BCUT2D eigenvalue weighted by molar-refractivity contribution is -0.163. The maximum atomic E-state index is 13.2. The van der Waals surface area contributed by atoms with Gasteiger partial charge in [-0.1, -0.05) is 60.1 Å². The lowest BCUT2D eigenvalue weighted by atomic mass is 9.99. The highest BCUT2D eigenvalue weighted by Crippen LogP contribution is 2.22. The molecule has 3 rings (SSSR count). The summed E-state index contributed by atoms with van der Waals surface area (Å²) in [4.78, 5) is 87.7. The molecule has 0 spiro atoms. The number of aryl methyl sites for hydroxylation is 2. The standard InChI is InChI=1S/C42H57ClN10O9/c1-42(2,3)62-41(59)50-30(20-22-32(55)60-4)39(58)61-38(57)29(10-5-7-23-44)49-31(54)21-15-26-13-18-28(19-14-26)27-16-11-25(12-17-27)9-6-8-24-48-40(47)53-37(56)33-35(45)52-36(46)34(43)51-33/h11-14,16-19,29-30H,5-10,15,20-24,44H2,1-4H3,(H,49,54)(H,50,59)(H4,45,46,52)(H3,47,48,53,56)/t29-,30-/m0/s1. The van der Waals surface area contributed by atoms with Crippen LogP contribution in [0.4, 0.5) is 16.4 Å². The first kappa shape index (κ1) is 50.0. The quantitative estimate of drug-likeness (QED) is 0.0201. The van der Waals surface area contributed by atoms with Crippen molar-refractivity contribution in [3.63, 3.8) is 0 Å². The number of benzene rings is 2. The van der Waals surface area contributed by atoms with Crippen LogP contribution in [0.5, 0.6) is 0 Å². The second-order valence-electron chi connectivity index (χ2n) is 15.2. The van der Waals surface area contributed by atoms with Gasteiger partial charge in [0.1, 0.15) is 17.7 Å². The van der Waals surface area contributed by atoms with E-state index < -0.39 is 53.5 Å². The van der Waals surface area contributed by atoms with Gasteiger partial charge in [-0.2, -0.15) is 0 Å². The highest BCUT2D eigenvalue weighted by atomic mass is 35.5. The van der Waals surface area contributed by atoms with E-state index in [2.05, 4.69) is 47.8 Å². The number of nitrogens with zero attached hydrogens (tertiary/aromatic N) is 3. The van der Waals surface area contributed by atoms with E-state index in [9.17, 15) is 28.8 Å². The van der Waals surface area contributed by atoms with Gasteiger partial charge in [-0.15, -0.1) is 0 Å². The third kappa shape index (κ3) is 17.7. The van der Waals surface area contributed by atoms with E-state index in [1.54, 1.807) is 20.8 Å². The number of anilines is 2. The second-order valence-corrected chi connectivity index (χ2v) is 15.5. The van der Waals surface area contributed by atoms with Crippen molar-refractivity contribution in [1.29, 1.82) is 0 Å². The van der Waals surface area contributed by atoms with Gasteiger partial charge in [0, 0.05) is 19.4 Å². The summed E-state index contributed by atoms with van der Waals surface area (Å²) >= 11 is 5.83. The van der Waals surface area contributed by atoms with Crippen LogP contribution in [-0.2, 0) is 46.2 Å². The fourth-order valence-electron chi connectivity index (χ4n) is 5.76. The van der Waals surface area contributed by atoms with Gasteiger partial charge in [-0.05, 0) is 101 Å². The number of rotatable bonds is 21. The number of carbonyl (C=O) groups is 6. The monoisotopic (exact) mass is 880 g/mol. The first-order valence-corrected chi connectivity index (χ1v) is 20.5. The van der Waals surface area contributed by atoms with Crippen molar-refractivity contribution >= 4 is 65.0 Å². The molecule has 1 aromatic heterocycles. The first-order valence-electron chi connectivity index (χ1n) is 20.1. The molecule has 1 heterocycles. The number of nitrogens with one attached hydrogen (secondary N) is 3. The summed E-state index contributed by atoms with van der Waals surface area (Å²) in [6.07, 6.45) is 2.60. The Kier molecular flexibility index (Phi) is 20.0. The molecule has 0 aliphatic rings. The summed E-state index contributed by atoms with van der Waals surface area (Å²) in [7, 11) is 1.18. The predicted molar refractivity (Wildman–Crippen MR) is 233 cm³/mol. The minimum absolute atomic E-state index is 0.0560. The Balaban J connectivity index is 1.49. The first-order chi connectivity index (χ1) is 29.4. The van der Waals surface area contributed by atoms with Crippen molar-refractivity contribution < 1.29 is 43.0 Å². The average molecular weight is 881 g/mol. The zero-order chi connectivity index (χ0) is 45.8. The molecule has 0 aliphatic carbocycles. The number of guanidine groups is 1. The molecule has 11 N–H and O–H groups in total. The zero-order valence-electron chi connectivity index (χ0n) is 35.5. The number of nitrogens with two attached hydrogens (primary N) is 4. The van der Waals surface area contributed by atoms with Crippen molar-refractivity contribution in [2.75, 3.05) is 31.7 Å². The Morgan fingerprint density at radius 1 is 0.774 bits per heavy atom. The van der Waals surface area contributed by atoms with Crippen molar-refractivity contribution in [1.82, 2.24) is 25.9 Å². The van der Waals surface area contributed by atoms with Crippen LogP contribution < -0.4 is 38.9 Å². The highest BCUT2D eigenvalue weighted by Gasteiger charge is 2.31. The summed E-state index contributed by atoms with van der Waals surface area (Å²) in [5.74, 6) is -4.24. The Labute approximate surface area is 365 Å². The maximum Gasteiger partial charge on any atom is 0.408 e. The van der Waals surface area contributed by atoms with Crippen LogP contribution in [-0.4, -0.2) is 89.6 Å². The van der Waals surface area contributed by atoms with Crippen LogP contribution in [0.3, 0.4) is 0 Å². The molecule has 3 aromatic rings. The number of aromatic nitrogens is 2. The van der Waals surface area contributed by atoms with Crippen LogP contribution in [0, 0.1) is 0 Å². The Bertz CT molecular complexity index is 2040. The minimum Gasteiger partial charge on any atom is -0.469 e. The average Bonchev–Trinajstić information content (AvgIpc) is 3.21. The molecule has 3 amide bonds.